The monoisotopic (exact) mass is 382 g/mol. The Morgan fingerprint density at radius 3 is 2.79 bits per heavy atom. The van der Waals surface area contributed by atoms with E-state index in [0.717, 1.165) is 18.7 Å². The van der Waals surface area contributed by atoms with Crippen LogP contribution in [0.5, 0.6) is 0 Å². The highest BCUT2D eigenvalue weighted by Crippen LogP contribution is 2.19. The molecule has 0 atom stereocenters. The fraction of sp³-hybridized carbons (Fsp3) is 0.409. The molecule has 1 amide bonds. The summed E-state index contributed by atoms with van der Waals surface area (Å²) in [7, 11) is 0. The zero-order chi connectivity index (χ0) is 19.8. The van der Waals surface area contributed by atoms with Crippen LogP contribution >= 0.6 is 0 Å². The van der Waals surface area contributed by atoms with Crippen LogP contribution in [0.4, 0.5) is 10.3 Å². The van der Waals surface area contributed by atoms with Crippen LogP contribution in [0, 0.1) is 12.7 Å². The van der Waals surface area contributed by atoms with E-state index in [1.807, 2.05) is 6.92 Å². The van der Waals surface area contributed by atoms with Crippen molar-refractivity contribution in [2.75, 3.05) is 18.4 Å². The van der Waals surface area contributed by atoms with Crippen LogP contribution in [0.25, 0.3) is 0 Å². The summed E-state index contributed by atoms with van der Waals surface area (Å²) in [6, 6.07) is 8.25. The summed E-state index contributed by atoms with van der Waals surface area (Å²) in [5.41, 5.74) is 3.12. The number of amides is 1. The molecule has 3 rings (SSSR count). The van der Waals surface area contributed by atoms with Crippen molar-refractivity contribution in [3.8, 4) is 0 Å². The van der Waals surface area contributed by atoms with Crippen LogP contribution in [-0.2, 0) is 6.42 Å². The van der Waals surface area contributed by atoms with Gasteiger partial charge in [0.05, 0.1) is 0 Å². The summed E-state index contributed by atoms with van der Waals surface area (Å²) in [5.74, 6) is -0.0651. The van der Waals surface area contributed by atoms with Gasteiger partial charge in [0.1, 0.15) is 11.5 Å². The summed E-state index contributed by atoms with van der Waals surface area (Å²) in [5, 5.41) is 6.03. The lowest BCUT2D eigenvalue weighted by Gasteiger charge is -2.13. The molecule has 1 aromatic heterocycles. The average Bonchev–Trinajstić information content (AvgIpc) is 2.70. The van der Waals surface area contributed by atoms with E-state index in [1.54, 1.807) is 24.3 Å². The normalized spacial score (nSPS) is 13.7. The van der Waals surface area contributed by atoms with E-state index in [-0.39, 0.29) is 11.7 Å². The third kappa shape index (κ3) is 5.87. The molecule has 148 valence electrons. The standard InChI is InChI=1S/C22H27FN4O/c1-16-15-20(21(28)24-14-12-18-9-5-6-10-19(18)23)27-22(26-16)25-13-11-17-7-3-2-4-8-17/h5-7,9-10,15H,2-4,8,11-14H2,1H3,(H,24,28)(H,25,26,27). The first kappa shape index (κ1) is 20.0. The number of anilines is 1. The van der Waals surface area contributed by atoms with Gasteiger partial charge in [-0.3, -0.25) is 4.79 Å². The van der Waals surface area contributed by atoms with Crippen molar-refractivity contribution in [1.29, 1.82) is 0 Å². The number of allylic oxidation sites excluding steroid dienone is 1. The molecule has 0 aliphatic heterocycles. The molecule has 0 saturated carbocycles. The van der Waals surface area contributed by atoms with Crippen molar-refractivity contribution < 1.29 is 9.18 Å². The van der Waals surface area contributed by atoms with Gasteiger partial charge in [-0.05, 0) is 63.1 Å². The smallest absolute Gasteiger partial charge is 0.270 e. The largest absolute Gasteiger partial charge is 0.354 e. The third-order valence-corrected chi connectivity index (χ3v) is 4.84. The first-order chi connectivity index (χ1) is 13.6. The molecular formula is C22H27FN4O. The maximum absolute atomic E-state index is 13.7. The third-order valence-electron chi connectivity index (χ3n) is 4.84. The zero-order valence-corrected chi connectivity index (χ0v) is 16.3. The Balaban J connectivity index is 1.52. The Labute approximate surface area is 165 Å². The lowest BCUT2D eigenvalue weighted by Crippen LogP contribution is -2.27. The number of carbonyl (C=O) groups excluding carboxylic acids is 1. The molecule has 1 aliphatic rings. The number of hydrogen-bond donors (Lipinski definition) is 2. The van der Waals surface area contributed by atoms with E-state index < -0.39 is 0 Å². The Hall–Kier alpha value is -2.76. The van der Waals surface area contributed by atoms with Gasteiger partial charge in [0.2, 0.25) is 5.95 Å². The Morgan fingerprint density at radius 2 is 2.00 bits per heavy atom. The van der Waals surface area contributed by atoms with Gasteiger partial charge in [0, 0.05) is 18.8 Å². The molecule has 28 heavy (non-hydrogen) atoms. The van der Waals surface area contributed by atoms with Gasteiger partial charge in [-0.2, -0.15) is 0 Å². The predicted molar refractivity (Wildman–Crippen MR) is 109 cm³/mol. The molecule has 0 fully saturated rings. The minimum atomic E-state index is -0.278. The van der Waals surface area contributed by atoms with Gasteiger partial charge < -0.3 is 10.6 Å². The first-order valence-corrected chi connectivity index (χ1v) is 9.91. The van der Waals surface area contributed by atoms with Crippen molar-refractivity contribution in [3.63, 3.8) is 0 Å². The molecule has 1 heterocycles. The highest BCUT2D eigenvalue weighted by atomic mass is 19.1. The molecule has 0 radical (unpaired) electrons. The molecular weight excluding hydrogens is 355 g/mol. The summed E-state index contributed by atoms with van der Waals surface area (Å²) in [6.07, 6.45) is 8.64. The fourth-order valence-electron chi connectivity index (χ4n) is 3.33. The number of nitrogens with zero attached hydrogens (tertiary/aromatic N) is 2. The highest BCUT2D eigenvalue weighted by Gasteiger charge is 2.11. The van der Waals surface area contributed by atoms with E-state index in [2.05, 4.69) is 26.7 Å². The number of aromatic nitrogens is 2. The molecule has 2 aromatic rings. The van der Waals surface area contributed by atoms with Crippen molar-refractivity contribution in [3.05, 3.63) is 64.7 Å². The van der Waals surface area contributed by atoms with Crippen molar-refractivity contribution >= 4 is 11.9 Å². The number of aryl methyl sites for hydroxylation is 1. The van der Waals surface area contributed by atoms with E-state index >= 15 is 0 Å². The minimum absolute atomic E-state index is 0.255. The van der Waals surface area contributed by atoms with E-state index in [9.17, 15) is 9.18 Å². The average molecular weight is 382 g/mol. The second-order valence-corrected chi connectivity index (χ2v) is 7.10. The van der Waals surface area contributed by atoms with E-state index in [0.29, 0.717) is 30.2 Å². The molecule has 1 aromatic carbocycles. The molecule has 0 unspecified atom stereocenters. The van der Waals surface area contributed by atoms with Crippen LogP contribution in [0.1, 0.15) is 53.8 Å². The summed E-state index contributed by atoms with van der Waals surface area (Å²) >= 11 is 0. The lowest BCUT2D eigenvalue weighted by molar-refractivity contribution is 0.0949. The quantitative estimate of drug-likeness (QED) is 0.672. The number of benzene rings is 1. The number of hydrogen-bond acceptors (Lipinski definition) is 4. The van der Waals surface area contributed by atoms with Crippen molar-refractivity contribution in [1.82, 2.24) is 15.3 Å². The van der Waals surface area contributed by atoms with Gasteiger partial charge in [-0.25, -0.2) is 14.4 Å². The maximum Gasteiger partial charge on any atom is 0.270 e. The molecule has 5 nitrogen and oxygen atoms in total. The van der Waals surface area contributed by atoms with E-state index in [1.165, 1.54) is 37.3 Å². The van der Waals surface area contributed by atoms with Crippen LogP contribution in [-0.4, -0.2) is 29.0 Å². The molecule has 2 N–H and O–H groups in total. The summed E-state index contributed by atoms with van der Waals surface area (Å²) in [4.78, 5) is 21.1. The Morgan fingerprint density at radius 1 is 1.14 bits per heavy atom. The van der Waals surface area contributed by atoms with Crippen LogP contribution in [0.3, 0.4) is 0 Å². The van der Waals surface area contributed by atoms with Gasteiger partial charge in [-0.15, -0.1) is 0 Å². The minimum Gasteiger partial charge on any atom is -0.354 e. The topological polar surface area (TPSA) is 66.9 Å². The SMILES string of the molecule is Cc1cc(C(=O)NCCc2ccccc2F)nc(NCCC2=CCCCC2)n1. The predicted octanol–water partition coefficient (Wildman–Crippen LogP) is 4.20. The number of rotatable bonds is 8. The van der Waals surface area contributed by atoms with Crippen LogP contribution < -0.4 is 10.6 Å². The summed E-state index contributed by atoms with van der Waals surface area (Å²) in [6.45, 7) is 2.94. The van der Waals surface area contributed by atoms with E-state index in [4.69, 9.17) is 0 Å². The Bertz CT molecular complexity index is 850. The highest BCUT2D eigenvalue weighted by molar-refractivity contribution is 5.92. The molecule has 0 bridgehead atoms. The maximum atomic E-state index is 13.7. The lowest BCUT2D eigenvalue weighted by atomic mass is 9.97. The number of carbonyl (C=O) groups is 1. The van der Waals surface area contributed by atoms with Crippen molar-refractivity contribution in [2.24, 2.45) is 0 Å². The second-order valence-electron chi connectivity index (χ2n) is 7.10. The Kier molecular flexibility index (Phi) is 7.12. The number of nitrogens with one attached hydrogen (secondary N) is 2. The summed E-state index contributed by atoms with van der Waals surface area (Å²) < 4.78 is 13.7. The van der Waals surface area contributed by atoms with Crippen LogP contribution in [0.15, 0.2) is 42.0 Å². The van der Waals surface area contributed by atoms with Gasteiger partial charge in [0.15, 0.2) is 0 Å². The van der Waals surface area contributed by atoms with Crippen LogP contribution in [0.2, 0.25) is 0 Å². The van der Waals surface area contributed by atoms with Gasteiger partial charge in [-0.1, -0.05) is 29.8 Å². The molecule has 0 saturated heterocycles. The molecule has 1 aliphatic carbocycles. The van der Waals surface area contributed by atoms with Crippen molar-refractivity contribution in [2.45, 2.75) is 45.4 Å². The first-order valence-electron chi connectivity index (χ1n) is 9.91. The second kappa shape index (κ2) is 9.97. The van der Waals surface area contributed by atoms with Gasteiger partial charge in [0.25, 0.3) is 5.91 Å². The zero-order valence-electron chi connectivity index (χ0n) is 16.3. The van der Waals surface area contributed by atoms with Gasteiger partial charge >= 0.3 is 0 Å². The molecule has 6 heteroatoms. The molecule has 0 spiro atoms. The number of halogens is 1. The fourth-order valence-corrected chi connectivity index (χ4v) is 3.33.